The molecule has 0 radical (unpaired) electrons. The van der Waals surface area contributed by atoms with Crippen LogP contribution in [-0.4, -0.2) is 12.9 Å². The third-order valence-corrected chi connectivity index (χ3v) is 1.93. The van der Waals surface area contributed by atoms with Crippen molar-refractivity contribution < 1.29 is 8.78 Å². The summed E-state index contributed by atoms with van der Waals surface area (Å²) in [5.41, 5.74) is 5.47. The molecule has 1 rings (SSSR count). The molecule has 0 heterocycles. The number of nitrogens with one attached hydrogen (secondary N) is 2. The first-order valence-electron chi connectivity index (χ1n) is 4.46. The van der Waals surface area contributed by atoms with E-state index in [9.17, 15) is 8.78 Å². The number of amidine groups is 1. The summed E-state index contributed by atoms with van der Waals surface area (Å²) in [6.45, 7) is 3.45. The Morgan fingerprint density at radius 1 is 1.50 bits per heavy atom. The molecule has 16 heavy (non-hydrogen) atoms. The minimum atomic E-state index is -0.718. The SMILES string of the molecule is C=Cc1c(F)cc(F)cc1C(=NN)NNC. The first-order valence-corrected chi connectivity index (χ1v) is 4.46. The van der Waals surface area contributed by atoms with Crippen molar-refractivity contribution >= 4 is 11.9 Å². The second-order valence-corrected chi connectivity index (χ2v) is 2.91. The molecule has 0 aliphatic rings. The minimum Gasteiger partial charge on any atom is -0.321 e. The topological polar surface area (TPSA) is 62.4 Å². The number of nitrogens with two attached hydrogens (primary N) is 1. The van der Waals surface area contributed by atoms with E-state index in [0.717, 1.165) is 12.1 Å². The summed E-state index contributed by atoms with van der Waals surface area (Å²) in [6.07, 6.45) is 1.27. The largest absolute Gasteiger partial charge is 0.321 e. The van der Waals surface area contributed by atoms with E-state index in [4.69, 9.17) is 5.84 Å². The highest BCUT2D eigenvalue weighted by Crippen LogP contribution is 2.17. The third kappa shape index (κ3) is 2.34. The van der Waals surface area contributed by atoms with Crippen LogP contribution in [0.15, 0.2) is 23.8 Å². The van der Waals surface area contributed by atoms with Crippen molar-refractivity contribution in [1.29, 1.82) is 0 Å². The molecular formula is C10H12F2N4. The molecule has 0 fully saturated rings. The Kier molecular flexibility index (Phi) is 3.96. The normalized spacial score (nSPS) is 11.3. The number of hydrogen-bond acceptors (Lipinski definition) is 3. The molecule has 6 heteroatoms. The van der Waals surface area contributed by atoms with Gasteiger partial charge in [0, 0.05) is 24.2 Å². The summed E-state index contributed by atoms with van der Waals surface area (Å²) < 4.78 is 26.5. The highest BCUT2D eigenvalue weighted by Gasteiger charge is 2.13. The van der Waals surface area contributed by atoms with Gasteiger partial charge in [-0.25, -0.2) is 14.2 Å². The predicted octanol–water partition coefficient (Wildman–Crippen LogP) is 0.952. The van der Waals surface area contributed by atoms with Gasteiger partial charge < -0.3 is 11.3 Å². The van der Waals surface area contributed by atoms with Gasteiger partial charge in [-0.3, -0.25) is 0 Å². The van der Waals surface area contributed by atoms with Gasteiger partial charge in [-0.15, -0.1) is 0 Å². The van der Waals surface area contributed by atoms with Crippen LogP contribution in [0.4, 0.5) is 8.78 Å². The lowest BCUT2D eigenvalue weighted by Crippen LogP contribution is -2.36. The summed E-state index contributed by atoms with van der Waals surface area (Å²) in [6, 6.07) is 1.89. The van der Waals surface area contributed by atoms with Crippen LogP contribution in [0.25, 0.3) is 6.08 Å². The van der Waals surface area contributed by atoms with Crippen molar-refractivity contribution in [3.05, 3.63) is 41.5 Å². The van der Waals surface area contributed by atoms with Crippen LogP contribution >= 0.6 is 0 Å². The molecule has 0 atom stereocenters. The number of benzene rings is 1. The highest BCUT2D eigenvalue weighted by molar-refractivity contribution is 6.01. The number of halogens is 2. The maximum Gasteiger partial charge on any atom is 0.167 e. The molecule has 4 N–H and O–H groups in total. The molecule has 0 unspecified atom stereocenters. The number of hydrazone groups is 1. The maximum atomic E-state index is 13.4. The summed E-state index contributed by atoms with van der Waals surface area (Å²) in [7, 11) is 1.58. The van der Waals surface area contributed by atoms with E-state index in [1.54, 1.807) is 7.05 Å². The van der Waals surface area contributed by atoms with Crippen molar-refractivity contribution in [2.24, 2.45) is 10.9 Å². The van der Waals surface area contributed by atoms with Crippen LogP contribution in [0.2, 0.25) is 0 Å². The van der Waals surface area contributed by atoms with Crippen molar-refractivity contribution in [2.75, 3.05) is 7.05 Å². The number of hydrazine groups is 1. The van der Waals surface area contributed by atoms with Gasteiger partial charge in [-0.05, 0) is 6.07 Å². The van der Waals surface area contributed by atoms with Gasteiger partial charge in [0.1, 0.15) is 11.6 Å². The lowest BCUT2D eigenvalue weighted by Gasteiger charge is -2.11. The number of hydrogen-bond donors (Lipinski definition) is 3. The second-order valence-electron chi connectivity index (χ2n) is 2.91. The van der Waals surface area contributed by atoms with E-state index in [0.29, 0.717) is 0 Å². The van der Waals surface area contributed by atoms with E-state index in [-0.39, 0.29) is 17.0 Å². The van der Waals surface area contributed by atoms with E-state index in [1.807, 2.05) is 0 Å². The van der Waals surface area contributed by atoms with Crippen LogP contribution in [0.5, 0.6) is 0 Å². The number of nitrogens with zero attached hydrogens (tertiary/aromatic N) is 1. The Morgan fingerprint density at radius 2 is 2.19 bits per heavy atom. The number of rotatable bonds is 3. The van der Waals surface area contributed by atoms with Crippen molar-refractivity contribution in [1.82, 2.24) is 10.9 Å². The average molecular weight is 226 g/mol. The first-order chi connectivity index (χ1) is 7.63. The van der Waals surface area contributed by atoms with Crippen LogP contribution in [-0.2, 0) is 0 Å². The molecule has 0 aliphatic heterocycles. The minimum absolute atomic E-state index is 0.121. The predicted molar refractivity (Wildman–Crippen MR) is 59.4 cm³/mol. The van der Waals surface area contributed by atoms with Crippen molar-refractivity contribution in [3.8, 4) is 0 Å². The van der Waals surface area contributed by atoms with Gasteiger partial charge in [0.15, 0.2) is 5.84 Å². The van der Waals surface area contributed by atoms with E-state index in [2.05, 4.69) is 22.5 Å². The first kappa shape index (κ1) is 12.1. The fraction of sp³-hybridized carbons (Fsp3) is 0.100. The molecule has 0 aromatic heterocycles. The molecule has 0 spiro atoms. The molecule has 0 saturated heterocycles. The van der Waals surface area contributed by atoms with Crippen LogP contribution in [0.1, 0.15) is 11.1 Å². The fourth-order valence-electron chi connectivity index (χ4n) is 1.28. The molecule has 0 bridgehead atoms. The van der Waals surface area contributed by atoms with Crippen LogP contribution in [0, 0.1) is 11.6 Å². The molecule has 0 saturated carbocycles. The van der Waals surface area contributed by atoms with Gasteiger partial charge in [0.2, 0.25) is 0 Å². The lowest BCUT2D eigenvalue weighted by atomic mass is 10.1. The summed E-state index contributed by atoms with van der Waals surface area (Å²) in [5, 5.41) is 3.40. The Bertz CT molecular complexity index is 429. The molecule has 0 aliphatic carbocycles. The molecule has 4 nitrogen and oxygen atoms in total. The Labute approximate surface area is 91.8 Å². The Hall–Kier alpha value is -1.95. The molecular weight excluding hydrogens is 214 g/mol. The van der Waals surface area contributed by atoms with E-state index in [1.165, 1.54) is 6.08 Å². The average Bonchev–Trinajstić information content (AvgIpc) is 2.25. The monoisotopic (exact) mass is 226 g/mol. The van der Waals surface area contributed by atoms with E-state index >= 15 is 0 Å². The smallest absolute Gasteiger partial charge is 0.167 e. The van der Waals surface area contributed by atoms with Crippen molar-refractivity contribution in [2.45, 2.75) is 0 Å². The fourth-order valence-corrected chi connectivity index (χ4v) is 1.28. The second kappa shape index (κ2) is 5.22. The zero-order valence-electron chi connectivity index (χ0n) is 8.72. The van der Waals surface area contributed by atoms with Gasteiger partial charge in [0.05, 0.1) is 0 Å². The highest BCUT2D eigenvalue weighted by atomic mass is 19.1. The van der Waals surface area contributed by atoms with E-state index < -0.39 is 11.6 Å². The summed E-state index contributed by atoms with van der Waals surface area (Å²) >= 11 is 0. The standard InChI is InChI=1S/C10H12F2N4/c1-3-7-8(10(15-13)16-14-2)4-6(11)5-9(7)12/h3-5,14H,1,13H2,2H3,(H,15,16). The van der Waals surface area contributed by atoms with Gasteiger partial charge in [0.25, 0.3) is 0 Å². The molecule has 1 aromatic rings. The zero-order chi connectivity index (χ0) is 12.1. The Balaban J connectivity index is 3.35. The van der Waals surface area contributed by atoms with Crippen molar-refractivity contribution in [3.63, 3.8) is 0 Å². The van der Waals surface area contributed by atoms with Gasteiger partial charge >= 0.3 is 0 Å². The van der Waals surface area contributed by atoms with Gasteiger partial charge in [-0.1, -0.05) is 12.7 Å². The molecule has 1 aromatic carbocycles. The maximum absolute atomic E-state index is 13.4. The summed E-state index contributed by atoms with van der Waals surface area (Å²) in [5.74, 6) is 3.81. The summed E-state index contributed by atoms with van der Waals surface area (Å²) in [4.78, 5) is 0. The molecule has 86 valence electrons. The zero-order valence-corrected chi connectivity index (χ0v) is 8.72. The van der Waals surface area contributed by atoms with Crippen LogP contribution < -0.4 is 16.7 Å². The quantitative estimate of drug-likeness (QED) is 0.311. The lowest BCUT2D eigenvalue weighted by molar-refractivity contribution is 0.580. The van der Waals surface area contributed by atoms with Gasteiger partial charge in [-0.2, -0.15) is 5.10 Å². The third-order valence-electron chi connectivity index (χ3n) is 1.93. The van der Waals surface area contributed by atoms with Crippen LogP contribution in [0.3, 0.4) is 0 Å². The molecule has 0 amide bonds. The Morgan fingerprint density at radius 3 is 2.69 bits per heavy atom.